The summed E-state index contributed by atoms with van der Waals surface area (Å²) in [6.07, 6.45) is 1.04. The van der Waals surface area contributed by atoms with E-state index in [1.54, 1.807) is 6.07 Å². The van der Waals surface area contributed by atoms with Gasteiger partial charge in [-0.15, -0.1) is 0 Å². The number of amides is 2. The molecule has 1 heterocycles. The number of rotatable bonds is 4. The third-order valence-electron chi connectivity index (χ3n) is 2.70. The lowest BCUT2D eigenvalue weighted by atomic mass is 10.2. The monoisotopic (exact) mass is 275 g/mol. The van der Waals surface area contributed by atoms with Gasteiger partial charge in [0.15, 0.2) is 0 Å². The van der Waals surface area contributed by atoms with Crippen LogP contribution in [-0.2, 0) is 9.59 Å². The Morgan fingerprint density at radius 1 is 1.40 bits per heavy atom. The second kappa shape index (κ2) is 5.50. The molecular formula is C13H10FN3O3. The van der Waals surface area contributed by atoms with Crippen LogP contribution in [0.2, 0.25) is 0 Å². The highest BCUT2D eigenvalue weighted by Gasteiger charge is 2.30. The molecule has 1 aromatic rings. The van der Waals surface area contributed by atoms with Gasteiger partial charge in [-0.1, -0.05) is 0 Å². The van der Waals surface area contributed by atoms with Crippen LogP contribution in [0.4, 0.5) is 10.1 Å². The van der Waals surface area contributed by atoms with Crippen molar-refractivity contribution >= 4 is 17.5 Å². The molecule has 0 aromatic heterocycles. The summed E-state index contributed by atoms with van der Waals surface area (Å²) < 4.78 is 13.7. The van der Waals surface area contributed by atoms with Gasteiger partial charge in [-0.2, -0.15) is 5.26 Å². The first-order chi connectivity index (χ1) is 9.56. The van der Waals surface area contributed by atoms with Crippen LogP contribution in [0.25, 0.3) is 0 Å². The van der Waals surface area contributed by atoms with Crippen molar-refractivity contribution in [3.05, 3.63) is 41.4 Å². The van der Waals surface area contributed by atoms with Gasteiger partial charge in [0.1, 0.15) is 11.5 Å². The van der Waals surface area contributed by atoms with Gasteiger partial charge < -0.3 is 10.4 Å². The Labute approximate surface area is 113 Å². The number of hydrogen-bond donors (Lipinski definition) is 2. The molecule has 0 atom stereocenters. The summed E-state index contributed by atoms with van der Waals surface area (Å²) >= 11 is 0. The number of nitrogens with one attached hydrogen (secondary N) is 1. The van der Waals surface area contributed by atoms with Crippen molar-refractivity contribution in [1.82, 2.24) is 4.90 Å². The Bertz CT molecular complexity index is 649. The number of carbonyl (C=O) groups excluding carboxylic acids is 2. The number of aliphatic hydroxyl groups is 1. The van der Waals surface area contributed by atoms with Crippen LogP contribution in [0.1, 0.15) is 5.56 Å². The van der Waals surface area contributed by atoms with Crippen molar-refractivity contribution in [3.8, 4) is 6.07 Å². The molecule has 0 saturated carbocycles. The van der Waals surface area contributed by atoms with E-state index in [9.17, 15) is 14.0 Å². The Hall–Kier alpha value is -2.72. The molecule has 2 rings (SSSR count). The minimum atomic E-state index is -0.703. The first-order valence-electron chi connectivity index (χ1n) is 5.72. The summed E-state index contributed by atoms with van der Waals surface area (Å²) in [5, 5.41) is 19.9. The van der Waals surface area contributed by atoms with Gasteiger partial charge >= 0.3 is 0 Å². The fraction of sp³-hybridized carbons (Fsp3) is 0.154. The number of nitrogens with zero attached hydrogens (tertiary/aromatic N) is 2. The maximum Gasteiger partial charge on any atom is 0.277 e. The number of anilines is 1. The zero-order chi connectivity index (χ0) is 14.7. The standard InChI is InChI=1S/C13H10FN3O3/c14-9-5-8(7-15)1-2-10(9)16-11-6-12(19)17(3-4-18)13(11)20/h1-2,5-6,16,18H,3-4H2. The predicted octanol–water partition coefficient (Wildman–Crippen LogP) is 0.354. The van der Waals surface area contributed by atoms with Crippen LogP contribution in [0.3, 0.4) is 0 Å². The van der Waals surface area contributed by atoms with Gasteiger partial charge in [0.05, 0.1) is 30.5 Å². The van der Waals surface area contributed by atoms with Crippen LogP contribution in [0.5, 0.6) is 0 Å². The maximum absolute atomic E-state index is 13.7. The van der Waals surface area contributed by atoms with E-state index in [2.05, 4.69) is 5.32 Å². The van der Waals surface area contributed by atoms with Crippen molar-refractivity contribution in [2.24, 2.45) is 0 Å². The van der Waals surface area contributed by atoms with E-state index < -0.39 is 17.6 Å². The van der Waals surface area contributed by atoms with E-state index in [-0.39, 0.29) is 30.1 Å². The zero-order valence-electron chi connectivity index (χ0n) is 10.3. The molecule has 1 aliphatic heterocycles. The smallest absolute Gasteiger partial charge is 0.277 e. The molecule has 2 N–H and O–H groups in total. The predicted molar refractivity (Wildman–Crippen MR) is 66.6 cm³/mol. The molecule has 1 aliphatic rings. The summed E-state index contributed by atoms with van der Waals surface area (Å²) in [4.78, 5) is 24.2. The number of imide groups is 1. The highest BCUT2D eigenvalue weighted by molar-refractivity contribution is 6.17. The third-order valence-corrected chi connectivity index (χ3v) is 2.70. The maximum atomic E-state index is 13.7. The lowest BCUT2D eigenvalue weighted by Crippen LogP contribution is -2.34. The molecule has 0 radical (unpaired) electrons. The topological polar surface area (TPSA) is 93.4 Å². The van der Waals surface area contributed by atoms with Crippen molar-refractivity contribution in [2.45, 2.75) is 0 Å². The number of benzene rings is 1. The number of halogens is 1. The van der Waals surface area contributed by atoms with Gasteiger partial charge in [-0.05, 0) is 18.2 Å². The van der Waals surface area contributed by atoms with Crippen molar-refractivity contribution < 1.29 is 19.1 Å². The lowest BCUT2D eigenvalue weighted by Gasteiger charge is -2.13. The number of carbonyl (C=O) groups is 2. The number of hydrogen-bond acceptors (Lipinski definition) is 5. The fourth-order valence-corrected chi connectivity index (χ4v) is 1.74. The van der Waals surface area contributed by atoms with E-state index in [4.69, 9.17) is 10.4 Å². The molecule has 0 fully saturated rings. The van der Waals surface area contributed by atoms with E-state index in [0.717, 1.165) is 17.0 Å². The van der Waals surface area contributed by atoms with Crippen molar-refractivity contribution in [2.75, 3.05) is 18.5 Å². The zero-order valence-corrected chi connectivity index (χ0v) is 10.3. The number of aliphatic hydroxyl groups excluding tert-OH is 1. The molecule has 0 aliphatic carbocycles. The second-order valence-electron chi connectivity index (χ2n) is 4.01. The van der Waals surface area contributed by atoms with E-state index in [0.29, 0.717) is 0 Å². The summed E-state index contributed by atoms with van der Waals surface area (Å²) in [5.74, 6) is -1.90. The van der Waals surface area contributed by atoms with Crippen LogP contribution >= 0.6 is 0 Å². The van der Waals surface area contributed by atoms with Crippen molar-refractivity contribution in [3.63, 3.8) is 0 Å². The summed E-state index contributed by atoms with van der Waals surface area (Å²) in [7, 11) is 0. The minimum Gasteiger partial charge on any atom is -0.395 e. The molecule has 0 unspecified atom stereocenters. The molecular weight excluding hydrogens is 265 g/mol. The molecule has 0 saturated heterocycles. The molecule has 0 spiro atoms. The number of nitriles is 1. The van der Waals surface area contributed by atoms with E-state index >= 15 is 0 Å². The number of β-amino-alcohol motifs (C(OH)–C–C–N with tert-alkyl or cyclic N) is 1. The SMILES string of the molecule is N#Cc1ccc(NC2=CC(=O)N(CCO)C2=O)c(F)c1. The molecule has 1 aromatic carbocycles. The average molecular weight is 275 g/mol. The Balaban J connectivity index is 2.19. The van der Waals surface area contributed by atoms with Crippen LogP contribution in [0, 0.1) is 17.1 Å². The summed E-state index contributed by atoms with van der Waals surface area (Å²) in [6.45, 7) is -0.459. The molecule has 0 bridgehead atoms. The first-order valence-corrected chi connectivity index (χ1v) is 5.72. The fourth-order valence-electron chi connectivity index (χ4n) is 1.74. The van der Waals surface area contributed by atoms with Gasteiger partial charge in [0.25, 0.3) is 11.8 Å². The second-order valence-corrected chi connectivity index (χ2v) is 4.01. The highest BCUT2D eigenvalue weighted by atomic mass is 19.1. The Kier molecular flexibility index (Phi) is 3.77. The van der Waals surface area contributed by atoms with Crippen LogP contribution in [-0.4, -0.2) is 35.0 Å². The van der Waals surface area contributed by atoms with Crippen molar-refractivity contribution in [1.29, 1.82) is 5.26 Å². The molecule has 6 nitrogen and oxygen atoms in total. The lowest BCUT2D eigenvalue weighted by molar-refractivity contribution is -0.137. The van der Waals surface area contributed by atoms with Gasteiger partial charge in [-0.3, -0.25) is 14.5 Å². The summed E-state index contributed by atoms with van der Waals surface area (Å²) in [6, 6.07) is 5.51. The Morgan fingerprint density at radius 3 is 2.75 bits per heavy atom. The summed E-state index contributed by atoms with van der Waals surface area (Å²) in [5.41, 5.74) is 0.0621. The third kappa shape index (κ3) is 2.50. The molecule has 2 amide bonds. The molecule has 102 valence electrons. The normalized spacial score (nSPS) is 14.2. The quantitative estimate of drug-likeness (QED) is 0.773. The first kappa shape index (κ1) is 13.7. The van der Waals surface area contributed by atoms with Gasteiger partial charge in [-0.25, -0.2) is 4.39 Å². The van der Waals surface area contributed by atoms with E-state index in [1.165, 1.54) is 12.1 Å². The average Bonchev–Trinajstić information content (AvgIpc) is 2.69. The van der Waals surface area contributed by atoms with E-state index in [1.807, 2.05) is 0 Å². The van der Waals surface area contributed by atoms with Gasteiger partial charge in [0, 0.05) is 6.08 Å². The minimum absolute atomic E-state index is 0.0118. The molecule has 20 heavy (non-hydrogen) atoms. The Morgan fingerprint density at radius 2 is 2.15 bits per heavy atom. The largest absolute Gasteiger partial charge is 0.395 e. The van der Waals surface area contributed by atoms with Crippen LogP contribution in [0.15, 0.2) is 30.0 Å². The molecule has 7 heteroatoms. The van der Waals surface area contributed by atoms with Crippen LogP contribution < -0.4 is 5.32 Å². The van der Waals surface area contributed by atoms with Gasteiger partial charge in [0.2, 0.25) is 0 Å². The highest BCUT2D eigenvalue weighted by Crippen LogP contribution is 2.20.